The monoisotopic (exact) mass is 323 g/mol. The molecule has 5 N–H and O–H groups in total. The van der Waals surface area contributed by atoms with E-state index in [4.69, 9.17) is 16.0 Å². The lowest BCUT2D eigenvalue weighted by Crippen LogP contribution is -2.20. The Bertz CT molecular complexity index is 856. The van der Waals surface area contributed by atoms with E-state index < -0.39 is 8.30 Å². The van der Waals surface area contributed by atoms with E-state index in [1.807, 2.05) is 36.4 Å². The SMILES string of the molecule is Nc1nc(N)nc(NP2OC3=C(C=[C+]C=C3)c3ccccc32)n1. The van der Waals surface area contributed by atoms with Crippen LogP contribution in [0.4, 0.5) is 17.8 Å². The molecule has 0 amide bonds. The van der Waals surface area contributed by atoms with E-state index in [2.05, 4.69) is 32.2 Å². The molecule has 0 radical (unpaired) electrons. The van der Waals surface area contributed by atoms with E-state index in [-0.39, 0.29) is 11.9 Å². The van der Waals surface area contributed by atoms with Crippen LogP contribution < -0.4 is 21.9 Å². The topological polar surface area (TPSA) is 112 Å². The number of hydrogen-bond donors (Lipinski definition) is 3. The van der Waals surface area contributed by atoms with Crippen LogP contribution >= 0.6 is 8.30 Å². The minimum absolute atomic E-state index is 0.0651. The van der Waals surface area contributed by atoms with Gasteiger partial charge in [0.05, 0.1) is 16.9 Å². The number of nitrogen functional groups attached to an aromatic ring is 2. The van der Waals surface area contributed by atoms with Crippen molar-refractivity contribution >= 4 is 37.0 Å². The zero-order valence-electron chi connectivity index (χ0n) is 11.9. The fourth-order valence-electron chi connectivity index (χ4n) is 2.37. The van der Waals surface area contributed by atoms with Gasteiger partial charge in [-0.2, -0.15) is 15.0 Å². The largest absolute Gasteiger partial charge is 0.424 e. The summed E-state index contributed by atoms with van der Waals surface area (Å²) < 4.78 is 6.09. The van der Waals surface area contributed by atoms with Gasteiger partial charge in [0.15, 0.2) is 0 Å². The third-order valence-electron chi connectivity index (χ3n) is 3.30. The molecule has 0 saturated carbocycles. The maximum Gasteiger partial charge on any atom is 0.246 e. The number of nitrogens with one attached hydrogen (secondary N) is 1. The predicted molar refractivity (Wildman–Crippen MR) is 90.2 cm³/mol. The van der Waals surface area contributed by atoms with Crippen molar-refractivity contribution in [3.8, 4) is 0 Å². The molecule has 1 aromatic carbocycles. The van der Waals surface area contributed by atoms with Crippen LogP contribution in [0.15, 0.2) is 48.3 Å². The number of allylic oxidation sites excluding steroid dienone is 5. The molecular formula is C15H12N6OP+. The number of aromatic nitrogens is 3. The quantitative estimate of drug-likeness (QED) is 0.570. The van der Waals surface area contributed by atoms with Crippen molar-refractivity contribution < 1.29 is 4.52 Å². The summed E-state index contributed by atoms with van der Waals surface area (Å²) in [6.45, 7) is 0. The predicted octanol–water partition coefficient (Wildman–Crippen LogP) is 1.76. The number of nitrogens with two attached hydrogens (primary N) is 2. The summed E-state index contributed by atoms with van der Waals surface area (Å²) in [4.78, 5) is 11.9. The second-order valence-electron chi connectivity index (χ2n) is 4.81. The first-order valence-corrected chi connectivity index (χ1v) is 8.08. The molecule has 23 heavy (non-hydrogen) atoms. The molecule has 1 atom stereocenters. The molecule has 0 saturated heterocycles. The van der Waals surface area contributed by atoms with Gasteiger partial charge in [-0.1, -0.05) is 12.1 Å². The zero-order chi connectivity index (χ0) is 15.8. The van der Waals surface area contributed by atoms with Gasteiger partial charge in [-0.05, 0) is 12.1 Å². The second-order valence-corrected chi connectivity index (χ2v) is 6.29. The number of anilines is 3. The molecule has 0 fully saturated rings. The van der Waals surface area contributed by atoms with E-state index >= 15 is 0 Å². The minimum Gasteiger partial charge on any atom is -0.424 e. The average molecular weight is 323 g/mol. The van der Waals surface area contributed by atoms with Crippen LogP contribution in [-0.2, 0) is 4.52 Å². The summed E-state index contributed by atoms with van der Waals surface area (Å²) in [6.07, 6.45) is 8.70. The average Bonchev–Trinajstić information content (AvgIpc) is 2.54. The van der Waals surface area contributed by atoms with E-state index in [9.17, 15) is 0 Å². The van der Waals surface area contributed by atoms with Gasteiger partial charge in [-0.25, -0.2) is 0 Å². The van der Waals surface area contributed by atoms with Crippen LogP contribution in [0.1, 0.15) is 5.56 Å². The highest BCUT2D eigenvalue weighted by Crippen LogP contribution is 2.46. The van der Waals surface area contributed by atoms with Crippen LogP contribution in [0.2, 0.25) is 0 Å². The molecule has 0 spiro atoms. The maximum absolute atomic E-state index is 6.09. The third-order valence-corrected chi connectivity index (χ3v) is 4.91. The molecule has 8 heteroatoms. The van der Waals surface area contributed by atoms with Crippen LogP contribution in [0.5, 0.6) is 0 Å². The number of rotatable bonds is 2. The van der Waals surface area contributed by atoms with Crippen LogP contribution in [0.25, 0.3) is 5.57 Å². The first-order chi connectivity index (χ1) is 11.2. The fourth-order valence-corrected chi connectivity index (χ4v) is 3.90. The lowest BCUT2D eigenvalue weighted by atomic mass is 10.0. The third kappa shape index (κ3) is 2.48. The lowest BCUT2D eigenvalue weighted by molar-refractivity contribution is 0.502. The summed E-state index contributed by atoms with van der Waals surface area (Å²) in [5.74, 6) is 1.21. The van der Waals surface area contributed by atoms with Gasteiger partial charge in [0.2, 0.25) is 31.9 Å². The molecule has 4 rings (SSSR count). The lowest BCUT2D eigenvalue weighted by Gasteiger charge is -2.25. The summed E-state index contributed by atoms with van der Waals surface area (Å²) in [6, 6.07) is 8.02. The molecule has 2 heterocycles. The number of nitrogens with zero attached hydrogens (tertiary/aromatic N) is 3. The molecule has 2 aromatic rings. The molecule has 7 nitrogen and oxygen atoms in total. The number of fused-ring (bicyclic) bond motifs is 2. The highest BCUT2D eigenvalue weighted by molar-refractivity contribution is 7.62. The molecule has 2 aliphatic rings. The van der Waals surface area contributed by atoms with Crippen LogP contribution in [-0.4, -0.2) is 15.0 Å². The molecule has 112 valence electrons. The Labute approximate surface area is 133 Å². The van der Waals surface area contributed by atoms with Gasteiger partial charge in [0, 0.05) is 6.08 Å². The van der Waals surface area contributed by atoms with Gasteiger partial charge in [-0.3, -0.25) is 5.09 Å². The van der Waals surface area contributed by atoms with Crippen molar-refractivity contribution in [3.05, 3.63) is 59.9 Å². The van der Waals surface area contributed by atoms with Crippen molar-refractivity contribution in [1.82, 2.24) is 15.0 Å². The highest BCUT2D eigenvalue weighted by Gasteiger charge is 2.33. The van der Waals surface area contributed by atoms with Crippen LogP contribution in [0, 0.1) is 6.08 Å². The summed E-state index contributed by atoms with van der Waals surface area (Å²) in [5, 5.41) is 4.20. The molecule has 1 aliphatic carbocycles. The molecular weight excluding hydrogens is 311 g/mol. The van der Waals surface area contributed by atoms with Crippen molar-refractivity contribution in [1.29, 1.82) is 0 Å². The highest BCUT2D eigenvalue weighted by atomic mass is 31.2. The van der Waals surface area contributed by atoms with Gasteiger partial charge >= 0.3 is 0 Å². The Morgan fingerprint density at radius 3 is 2.70 bits per heavy atom. The van der Waals surface area contributed by atoms with Crippen molar-refractivity contribution in [3.63, 3.8) is 0 Å². The van der Waals surface area contributed by atoms with Crippen LogP contribution in [0.3, 0.4) is 0 Å². The van der Waals surface area contributed by atoms with E-state index in [1.54, 1.807) is 0 Å². The van der Waals surface area contributed by atoms with E-state index in [0.717, 1.165) is 22.2 Å². The fraction of sp³-hybridized carbons (Fsp3) is 0. The van der Waals surface area contributed by atoms with E-state index in [0.29, 0.717) is 5.95 Å². The molecule has 0 bridgehead atoms. The van der Waals surface area contributed by atoms with Crippen molar-refractivity contribution in [2.45, 2.75) is 0 Å². The molecule has 1 aromatic heterocycles. The Kier molecular flexibility index (Phi) is 3.15. The standard InChI is InChI=1S/C15H12N6OP/c16-13-18-14(17)20-15(19-13)21-23-12-8-4-2-6-10(12)9-5-1-3-7-11(9)22-23/h2-8H,(H5,16,17,18,19,20,21)/q+1. The Morgan fingerprint density at radius 1 is 1.09 bits per heavy atom. The Hall–Kier alpha value is -3.01. The summed E-state index contributed by atoms with van der Waals surface area (Å²) in [5.41, 5.74) is 13.3. The van der Waals surface area contributed by atoms with Gasteiger partial charge < -0.3 is 16.0 Å². The number of hydrogen-bond acceptors (Lipinski definition) is 7. The van der Waals surface area contributed by atoms with Gasteiger partial charge in [0.25, 0.3) is 0 Å². The zero-order valence-corrected chi connectivity index (χ0v) is 12.8. The van der Waals surface area contributed by atoms with Crippen molar-refractivity contribution in [2.75, 3.05) is 16.6 Å². The smallest absolute Gasteiger partial charge is 0.246 e. The maximum atomic E-state index is 6.09. The molecule has 1 unspecified atom stereocenters. The summed E-state index contributed by atoms with van der Waals surface area (Å²) >= 11 is 0. The van der Waals surface area contributed by atoms with Crippen molar-refractivity contribution in [2.24, 2.45) is 0 Å². The van der Waals surface area contributed by atoms with Gasteiger partial charge in [-0.15, -0.1) is 0 Å². The Balaban J connectivity index is 1.74. The Morgan fingerprint density at radius 2 is 1.87 bits per heavy atom. The number of benzene rings is 1. The van der Waals surface area contributed by atoms with Gasteiger partial charge in [0.1, 0.15) is 17.7 Å². The summed E-state index contributed by atoms with van der Waals surface area (Å²) in [7, 11) is -1.20. The normalized spacial score (nSPS) is 17.8. The second kappa shape index (κ2) is 5.32. The first-order valence-electron chi connectivity index (χ1n) is 6.82. The first kappa shape index (κ1) is 13.6. The van der Waals surface area contributed by atoms with E-state index in [1.165, 1.54) is 0 Å². The molecule has 1 aliphatic heterocycles. The minimum atomic E-state index is -1.20.